The molecule has 0 saturated carbocycles. The Morgan fingerprint density at radius 1 is 0.313 bits per heavy atom. The summed E-state index contributed by atoms with van der Waals surface area (Å²) in [7, 11) is 0. The zero-order valence-electron chi connectivity index (χ0n) is 43.4. The molecule has 0 aromatic carbocycles. The van der Waals surface area contributed by atoms with Gasteiger partial charge in [0.1, 0.15) is 13.2 Å². The predicted molar refractivity (Wildman–Crippen MR) is 288 cm³/mol. The van der Waals surface area contributed by atoms with Gasteiger partial charge in [-0.15, -0.1) is 0 Å². The third-order valence-electron chi connectivity index (χ3n) is 11.2. The van der Waals surface area contributed by atoms with Crippen molar-refractivity contribution in [2.24, 2.45) is 0 Å². The molecule has 67 heavy (non-hydrogen) atoms. The third-order valence-corrected chi connectivity index (χ3v) is 11.2. The molecule has 380 valence electrons. The Morgan fingerprint density at radius 3 is 1.00 bits per heavy atom. The molecule has 0 bridgehead atoms. The molecule has 0 saturated heterocycles. The average Bonchev–Trinajstić information content (AvgIpc) is 3.33. The SMILES string of the molecule is CC/C=C\C/C=C\C/C=C\C/C=C\C/C=C\CCCC(=O)OC[C@H](COC(=O)CCCCCCCCC/C=C\CCCCCC)OC(=O)CCC/C=C\C/C=C\C/C=C\CCCCCCCC. The van der Waals surface area contributed by atoms with Crippen molar-refractivity contribution in [1.29, 1.82) is 0 Å². The van der Waals surface area contributed by atoms with E-state index in [1.807, 2.05) is 0 Å². The number of hydrogen-bond acceptors (Lipinski definition) is 6. The molecular weight excluding hydrogens is 829 g/mol. The highest BCUT2D eigenvalue weighted by molar-refractivity contribution is 5.71. The van der Waals surface area contributed by atoms with E-state index in [2.05, 4.69) is 130 Å². The highest BCUT2D eigenvalue weighted by atomic mass is 16.6. The van der Waals surface area contributed by atoms with Gasteiger partial charge in [-0.25, -0.2) is 0 Å². The van der Waals surface area contributed by atoms with Gasteiger partial charge >= 0.3 is 17.9 Å². The van der Waals surface area contributed by atoms with E-state index < -0.39 is 6.10 Å². The predicted octanol–water partition coefficient (Wildman–Crippen LogP) is 18.3. The fraction of sp³-hybridized carbons (Fsp3) is 0.656. The highest BCUT2D eigenvalue weighted by Crippen LogP contribution is 2.13. The van der Waals surface area contributed by atoms with Gasteiger partial charge in [0.05, 0.1) is 0 Å². The molecule has 0 rings (SSSR count). The van der Waals surface area contributed by atoms with Crippen LogP contribution in [0.5, 0.6) is 0 Å². The van der Waals surface area contributed by atoms with E-state index >= 15 is 0 Å². The van der Waals surface area contributed by atoms with Gasteiger partial charge in [-0.1, -0.05) is 214 Å². The Hall–Kier alpha value is -3.93. The van der Waals surface area contributed by atoms with Crippen LogP contribution in [0.4, 0.5) is 0 Å². The molecule has 0 aromatic rings. The lowest BCUT2D eigenvalue weighted by Crippen LogP contribution is -2.30. The van der Waals surface area contributed by atoms with Gasteiger partial charge < -0.3 is 14.2 Å². The van der Waals surface area contributed by atoms with Crippen molar-refractivity contribution in [2.75, 3.05) is 13.2 Å². The number of hydrogen-bond donors (Lipinski definition) is 0. The average molecular weight is 929 g/mol. The maximum Gasteiger partial charge on any atom is 0.306 e. The number of carbonyl (C=O) groups is 3. The van der Waals surface area contributed by atoms with Crippen molar-refractivity contribution in [3.8, 4) is 0 Å². The smallest absolute Gasteiger partial charge is 0.306 e. The molecule has 0 spiro atoms. The van der Waals surface area contributed by atoms with Crippen molar-refractivity contribution in [2.45, 2.75) is 245 Å². The van der Waals surface area contributed by atoms with Crippen LogP contribution in [0.2, 0.25) is 0 Å². The van der Waals surface area contributed by atoms with Gasteiger partial charge in [-0.2, -0.15) is 0 Å². The second kappa shape index (κ2) is 54.7. The van der Waals surface area contributed by atoms with Gasteiger partial charge in [0.25, 0.3) is 0 Å². The lowest BCUT2D eigenvalue weighted by molar-refractivity contribution is -0.167. The lowest BCUT2D eigenvalue weighted by Gasteiger charge is -2.18. The molecular formula is C61H100O6. The molecule has 0 amide bonds. The number of rotatable bonds is 48. The van der Waals surface area contributed by atoms with Gasteiger partial charge in [-0.3, -0.25) is 14.4 Å². The first-order valence-corrected chi connectivity index (χ1v) is 27.4. The number of allylic oxidation sites excluding steroid dienone is 18. The van der Waals surface area contributed by atoms with Crippen LogP contribution in [-0.4, -0.2) is 37.2 Å². The van der Waals surface area contributed by atoms with Crippen molar-refractivity contribution < 1.29 is 28.6 Å². The monoisotopic (exact) mass is 929 g/mol. The fourth-order valence-electron chi connectivity index (χ4n) is 7.13. The second-order valence-electron chi connectivity index (χ2n) is 17.7. The molecule has 6 nitrogen and oxygen atoms in total. The summed E-state index contributed by atoms with van der Waals surface area (Å²) in [6.45, 7) is 6.40. The summed E-state index contributed by atoms with van der Waals surface area (Å²) in [6, 6.07) is 0. The summed E-state index contributed by atoms with van der Waals surface area (Å²) in [5.41, 5.74) is 0. The first-order chi connectivity index (χ1) is 33.0. The molecule has 0 radical (unpaired) electrons. The molecule has 0 N–H and O–H groups in total. The van der Waals surface area contributed by atoms with Crippen LogP contribution in [-0.2, 0) is 28.6 Å². The summed E-state index contributed by atoms with van der Waals surface area (Å²) in [6.07, 6.45) is 73.7. The fourth-order valence-corrected chi connectivity index (χ4v) is 7.13. The third kappa shape index (κ3) is 52.9. The summed E-state index contributed by atoms with van der Waals surface area (Å²) in [5, 5.41) is 0. The van der Waals surface area contributed by atoms with Gasteiger partial charge in [0.2, 0.25) is 0 Å². The van der Waals surface area contributed by atoms with Gasteiger partial charge in [0.15, 0.2) is 6.10 Å². The number of ether oxygens (including phenoxy) is 3. The van der Waals surface area contributed by atoms with Gasteiger partial charge in [0, 0.05) is 19.3 Å². The summed E-state index contributed by atoms with van der Waals surface area (Å²) in [4.78, 5) is 38.0. The Balaban J connectivity index is 4.57. The Kier molecular flexibility index (Phi) is 51.5. The van der Waals surface area contributed by atoms with Gasteiger partial charge in [-0.05, 0) is 116 Å². The number of unbranched alkanes of at least 4 members (excludes halogenated alkanes) is 19. The largest absolute Gasteiger partial charge is 0.462 e. The quantitative estimate of drug-likeness (QED) is 0.0262. The van der Waals surface area contributed by atoms with E-state index in [9.17, 15) is 14.4 Å². The van der Waals surface area contributed by atoms with Crippen LogP contribution in [0.3, 0.4) is 0 Å². The van der Waals surface area contributed by atoms with Crippen molar-refractivity contribution in [3.05, 3.63) is 109 Å². The second-order valence-corrected chi connectivity index (χ2v) is 17.7. The molecule has 0 fully saturated rings. The summed E-state index contributed by atoms with van der Waals surface area (Å²) in [5.74, 6) is -1.04. The summed E-state index contributed by atoms with van der Waals surface area (Å²) < 4.78 is 16.7. The molecule has 0 aromatic heterocycles. The first-order valence-electron chi connectivity index (χ1n) is 27.4. The highest BCUT2D eigenvalue weighted by Gasteiger charge is 2.19. The molecule has 0 aliphatic carbocycles. The maximum atomic E-state index is 12.8. The normalized spacial score (nSPS) is 12.9. The topological polar surface area (TPSA) is 78.9 Å². The lowest BCUT2D eigenvalue weighted by atomic mass is 10.1. The van der Waals surface area contributed by atoms with E-state index in [-0.39, 0.29) is 44.0 Å². The van der Waals surface area contributed by atoms with Crippen molar-refractivity contribution >= 4 is 17.9 Å². The molecule has 1 atom stereocenters. The molecule has 0 aliphatic rings. The van der Waals surface area contributed by atoms with Crippen LogP contribution in [0, 0.1) is 0 Å². The maximum absolute atomic E-state index is 12.8. The van der Waals surface area contributed by atoms with Crippen LogP contribution in [0.15, 0.2) is 109 Å². The zero-order chi connectivity index (χ0) is 48.6. The Morgan fingerprint density at radius 2 is 0.597 bits per heavy atom. The van der Waals surface area contributed by atoms with Crippen LogP contribution >= 0.6 is 0 Å². The Bertz CT molecular complexity index is 1390. The van der Waals surface area contributed by atoms with Crippen molar-refractivity contribution in [3.63, 3.8) is 0 Å². The minimum absolute atomic E-state index is 0.119. The van der Waals surface area contributed by atoms with E-state index in [0.29, 0.717) is 19.3 Å². The minimum atomic E-state index is -0.831. The molecule has 0 heterocycles. The van der Waals surface area contributed by atoms with Crippen molar-refractivity contribution in [1.82, 2.24) is 0 Å². The van der Waals surface area contributed by atoms with Crippen LogP contribution in [0.25, 0.3) is 0 Å². The van der Waals surface area contributed by atoms with Crippen LogP contribution < -0.4 is 0 Å². The van der Waals surface area contributed by atoms with E-state index in [1.54, 1.807) is 0 Å². The minimum Gasteiger partial charge on any atom is -0.462 e. The molecule has 6 heteroatoms. The number of carbonyl (C=O) groups excluding carboxylic acids is 3. The summed E-state index contributed by atoms with van der Waals surface area (Å²) >= 11 is 0. The molecule has 0 unspecified atom stereocenters. The van der Waals surface area contributed by atoms with Crippen LogP contribution in [0.1, 0.15) is 239 Å². The van der Waals surface area contributed by atoms with E-state index in [0.717, 1.165) is 77.0 Å². The number of esters is 3. The Labute approximate surface area is 412 Å². The van der Waals surface area contributed by atoms with E-state index in [1.165, 1.54) is 109 Å². The first kappa shape index (κ1) is 63.1. The molecule has 0 aliphatic heterocycles. The van der Waals surface area contributed by atoms with E-state index in [4.69, 9.17) is 14.2 Å². The standard InChI is InChI=1S/C61H100O6/c1-4-7-10-13-16-19-22-25-28-30-33-36-39-42-45-48-51-54-60(63)66-57-58(56-65-59(62)53-50-47-44-41-38-35-32-27-24-21-18-15-12-9-6-3)67-61(64)55-52-49-46-43-40-37-34-31-29-26-23-20-17-14-11-8-5-2/h7,10,16,19,21,24-26,28-29,33-34,36-37,42-43,45-46,58H,4-6,8-9,11-15,17-18,20,22-23,27,30-32,35,38-41,44,47-57H2,1-3H3/b10-7-,19-16-,24-21-,28-25-,29-26-,36-33-,37-34-,45-42-,46-43-/t58-/m0/s1. The zero-order valence-corrected chi connectivity index (χ0v) is 43.4.